The molecule has 0 atom stereocenters. The molecule has 0 spiro atoms. The van der Waals surface area contributed by atoms with Crippen LogP contribution in [0.5, 0.6) is 11.5 Å². The number of aliphatic hydroxyl groups is 1. The Kier molecular flexibility index (Phi) is 7.52. The second-order valence-corrected chi connectivity index (χ2v) is 8.02. The zero-order chi connectivity index (χ0) is 21.4. The second kappa shape index (κ2) is 10.3. The monoisotopic (exact) mass is 408 g/mol. The van der Waals surface area contributed by atoms with Gasteiger partial charge in [-0.1, -0.05) is 30.9 Å². The van der Waals surface area contributed by atoms with E-state index in [0.717, 1.165) is 62.8 Å². The van der Waals surface area contributed by atoms with Gasteiger partial charge in [-0.25, -0.2) is 0 Å². The summed E-state index contributed by atoms with van der Waals surface area (Å²) in [5, 5.41) is 10.1. The highest BCUT2D eigenvalue weighted by Crippen LogP contribution is 2.42. The Morgan fingerprint density at radius 1 is 0.933 bits per heavy atom. The third-order valence-corrected chi connectivity index (χ3v) is 5.90. The van der Waals surface area contributed by atoms with Gasteiger partial charge >= 0.3 is 0 Å². The normalized spacial score (nSPS) is 17.1. The lowest BCUT2D eigenvalue weighted by Gasteiger charge is -2.35. The van der Waals surface area contributed by atoms with E-state index in [2.05, 4.69) is 11.4 Å². The van der Waals surface area contributed by atoms with Gasteiger partial charge in [-0.3, -0.25) is 4.79 Å². The number of hydrogen-bond acceptors (Lipinski definition) is 4. The molecule has 30 heavy (non-hydrogen) atoms. The molecule has 0 aliphatic heterocycles. The summed E-state index contributed by atoms with van der Waals surface area (Å²) in [6.45, 7) is 0. The fourth-order valence-corrected chi connectivity index (χ4v) is 4.07. The topological polar surface area (TPSA) is 84.6 Å². The van der Waals surface area contributed by atoms with Crippen LogP contribution in [0.4, 0.5) is 11.4 Å². The molecule has 0 bridgehead atoms. The summed E-state index contributed by atoms with van der Waals surface area (Å²) in [6.07, 6.45) is 11.3. The number of nitrogen functional groups attached to an aromatic ring is 1. The molecule has 0 aromatic heterocycles. The van der Waals surface area contributed by atoms with E-state index in [0.29, 0.717) is 5.69 Å². The highest BCUT2D eigenvalue weighted by atomic mass is 16.5. The number of carbonyl (C=O) groups excluding carboxylic acids is 1. The standard InChI is InChI=1S/C24H28N2O2.CH4O/c25-19-7-11-21(12-8-19)28-22-13-9-20(10-14-22)26-23(27)24(15-2-1-3-16-24)17-18-5-4-6-18;1-2/h7-14,17H,1-6,15-16,25H2,(H,26,27);2H,1H3. The van der Waals surface area contributed by atoms with Crippen molar-refractivity contribution in [2.24, 2.45) is 5.41 Å². The minimum atomic E-state index is -0.326. The van der Waals surface area contributed by atoms with Gasteiger partial charge in [0.25, 0.3) is 0 Å². The molecule has 2 aromatic rings. The third kappa shape index (κ3) is 5.42. The van der Waals surface area contributed by atoms with Gasteiger partial charge < -0.3 is 20.9 Å². The van der Waals surface area contributed by atoms with Crippen LogP contribution in [0, 0.1) is 5.41 Å². The van der Waals surface area contributed by atoms with Crippen LogP contribution in [0.25, 0.3) is 0 Å². The number of nitrogens with two attached hydrogens (primary N) is 1. The van der Waals surface area contributed by atoms with Gasteiger partial charge in [0.05, 0.1) is 5.41 Å². The Hall–Kier alpha value is -2.79. The Morgan fingerprint density at radius 2 is 1.50 bits per heavy atom. The largest absolute Gasteiger partial charge is 0.457 e. The first-order chi connectivity index (χ1) is 14.6. The van der Waals surface area contributed by atoms with E-state index in [4.69, 9.17) is 15.6 Å². The molecule has 5 heteroatoms. The average molecular weight is 409 g/mol. The average Bonchev–Trinajstić information content (AvgIpc) is 2.76. The van der Waals surface area contributed by atoms with E-state index in [1.807, 2.05) is 48.5 Å². The summed E-state index contributed by atoms with van der Waals surface area (Å²) in [5.74, 6) is 1.60. The fourth-order valence-electron chi connectivity index (χ4n) is 4.07. The van der Waals surface area contributed by atoms with E-state index >= 15 is 0 Å². The van der Waals surface area contributed by atoms with Gasteiger partial charge in [0.15, 0.2) is 0 Å². The van der Waals surface area contributed by atoms with Crippen molar-refractivity contribution in [2.45, 2.75) is 51.4 Å². The van der Waals surface area contributed by atoms with Crippen LogP contribution < -0.4 is 15.8 Å². The summed E-state index contributed by atoms with van der Waals surface area (Å²) in [5.41, 5.74) is 8.36. The van der Waals surface area contributed by atoms with Crippen molar-refractivity contribution in [2.75, 3.05) is 18.2 Å². The molecule has 4 rings (SSSR count). The maximum atomic E-state index is 13.2. The van der Waals surface area contributed by atoms with Crippen LogP contribution in [0.2, 0.25) is 0 Å². The van der Waals surface area contributed by atoms with Crippen molar-refractivity contribution in [1.29, 1.82) is 0 Å². The van der Waals surface area contributed by atoms with Crippen LogP contribution >= 0.6 is 0 Å². The van der Waals surface area contributed by atoms with Gasteiger partial charge in [0, 0.05) is 18.5 Å². The number of aliphatic hydroxyl groups excluding tert-OH is 1. The van der Waals surface area contributed by atoms with Crippen molar-refractivity contribution in [3.8, 4) is 11.5 Å². The predicted molar refractivity (Wildman–Crippen MR) is 122 cm³/mol. The quantitative estimate of drug-likeness (QED) is 0.440. The second-order valence-electron chi connectivity index (χ2n) is 8.02. The number of carbonyl (C=O) groups is 1. The summed E-state index contributed by atoms with van der Waals surface area (Å²) in [6, 6.07) is 14.9. The first-order valence-electron chi connectivity index (χ1n) is 10.7. The maximum absolute atomic E-state index is 13.2. The van der Waals surface area contributed by atoms with Gasteiger partial charge in [0.1, 0.15) is 11.5 Å². The zero-order valence-corrected chi connectivity index (χ0v) is 17.7. The minimum Gasteiger partial charge on any atom is -0.457 e. The van der Waals surface area contributed by atoms with Crippen molar-refractivity contribution in [1.82, 2.24) is 0 Å². The van der Waals surface area contributed by atoms with Crippen LogP contribution in [0.1, 0.15) is 51.4 Å². The highest BCUT2D eigenvalue weighted by molar-refractivity contribution is 5.96. The summed E-state index contributed by atoms with van der Waals surface area (Å²) in [4.78, 5) is 13.2. The van der Waals surface area contributed by atoms with E-state index in [1.165, 1.54) is 18.4 Å². The lowest BCUT2D eigenvalue weighted by molar-refractivity contribution is -0.124. The molecule has 1 amide bonds. The SMILES string of the molecule is CO.Nc1ccc(Oc2ccc(NC(=O)C3(C=C4CCC4)CCCCC3)cc2)cc1. The number of hydrogen-bond donors (Lipinski definition) is 3. The molecule has 2 saturated carbocycles. The Bertz CT molecular complexity index is 845. The number of nitrogens with one attached hydrogen (secondary N) is 1. The summed E-state index contributed by atoms with van der Waals surface area (Å²) in [7, 11) is 1.00. The van der Waals surface area contributed by atoms with Crippen LogP contribution in [0.15, 0.2) is 60.2 Å². The summed E-state index contributed by atoms with van der Waals surface area (Å²) >= 11 is 0. The molecule has 4 N–H and O–H groups in total. The van der Waals surface area contributed by atoms with Crippen LogP contribution in [-0.2, 0) is 4.79 Å². The molecule has 5 nitrogen and oxygen atoms in total. The van der Waals surface area contributed by atoms with Gasteiger partial charge in [-0.2, -0.15) is 0 Å². The molecule has 0 unspecified atom stereocenters. The lowest BCUT2D eigenvalue weighted by Crippen LogP contribution is -2.37. The molecule has 0 saturated heterocycles. The smallest absolute Gasteiger partial charge is 0.234 e. The van der Waals surface area contributed by atoms with Crippen molar-refractivity contribution < 1.29 is 14.6 Å². The molecule has 0 heterocycles. The molecule has 0 radical (unpaired) electrons. The number of allylic oxidation sites excluding steroid dienone is 1. The Balaban J connectivity index is 0.00000124. The number of benzene rings is 2. The number of ether oxygens (including phenoxy) is 1. The van der Waals surface area contributed by atoms with E-state index in [1.54, 1.807) is 0 Å². The van der Waals surface area contributed by atoms with E-state index < -0.39 is 0 Å². The number of rotatable bonds is 5. The fraction of sp³-hybridized carbons (Fsp3) is 0.400. The van der Waals surface area contributed by atoms with Crippen LogP contribution in [-0.4, -0.2) is 18.1 Å². The molecule has 2 fully saturated rings. The molecule has 2 aromatic carbocycles. The Morgan fingerprint density at radius 3 is 2.03 bits per heavy atom. The number of amides is 1. The van der Waals surface area contributed by atoms with E-state index in [9.17, 15) is 4.79 Å². The minimum absolute atomic E-state index is 0.138. The predicted octanol–water partition coefficient (Wildman–Crippen LogP) is 5.67. The zero-order valence-electron chi connectivity index (χ0n) is 17.7. The van der Waals surface area contributed by atoms with Gasteiger partial charge in [-0.05, 0) is 80.6 Å². The van der Waals surface area contributed by atoms with Crippen molar-refractivity contribution >= 4 is 17.3 Å². The molecular formula is C25H32N2O3. The van der Waals surface area contributed by atoms with Gasteiger partial charge in [0.2, 0.25) is 5.91 Å². The number of anilines is 2. The first-order valence-corrected chi connectivity index (χ1v) is 10.7. The first kappa shape index (κ1) is 21.9. The Labute approximate surface area is 178 Å². The van der Waals surface area contributed by atoms with Crippen molar-refractivity contribution in [3.05, 3.63) is 60.2 Å². The van der Waals surface area contributed by atoms with Crippen LogP contribution in [0.3, 0.4) is 0 Å². The lowest BCUT2D eigenvalue weighted by atomic mass is 9.70. The maximum Gasteiger partial charge on any atom is 0.234 e. The summed E-state index contributed by atoms with van der Waals surface area (Å²) < 4.78 is 5.83. The third-order valence-electron chi connectivity index (χ3n) is 5.90. The van der Waals surface area contributed by atoms with E-state index in [-0.39, 0.29) is 11.3 Å². The molecule has 2 aliphatic carbocycles. The molecule has 160 valence electrons. The van der Waals surface area contributed by atoms with Gasteiger partial charge in [-0.15, -0.1) is 0 Å². The molecule has 2 aliphatic rings. The molecular weight excluding hydrogens is 376 g/mol. The van der Waals surface area contributed by atoms with Crippen molar-refractivity contribution in [3.63, 3.8) is 0 Å². The highest BCUT2D eigenvalue weighted by Gasteiger charge is 2.38.